The topological polar surface area (TPSA) is 46.5 Å². The number of rotatable bonds is 2. The first kappa shape index (κ1) is 14.8. The monoisotopic (exact) mass is 278 g/mol. The summed E-state index contributed by atoms with van der Waals surface area (Å²) in [6.45, 7) is 3.96. The third kappa shape index (κ3) is 1.68. The van der Waals surface area contributed by atoms with Gasteiger partial charge in [-0.25, -0.2) is 4.79 Å². The van der Waals surface area contributed by atoms with Gasteiger partial charge in [0, 0.05) is 5.57 Å². The smallest absolute Gasteiger partial charge is 0.378 e. The number of aliphatic hydroxyl groups excluding tert-OH is 1. The number of hydrogen-bond donors (Lipinski definition) is 1. The van der Waals surface area contributed by atoms with Gasteiger partial charge in [0.1, 0.15) is 0 Å². The minimum absolute atomic E-state index is 0.462. The van der Waals surface area contributed by atoms with Gasteiger partial charge >= 0.3 is 23.7 Å². The number of aliphatic hydroxyl groups is 1. The maximum absolute atomic E-state index is 13.1. The van der Waals surface area contributed by atoms with Crippen LogP contribution in [0.1, 0.15) is 6.92 Å². The molecule has 1 N–H and O–H groups in total. The molecule has 104 valence electrons. The van der Waals surface area contributed by atoms with Crippen molar-refractivity contribution in [2.24, 2.45) is 0 Å². The molecule has 0 aromatic heterocycles. The van der Waals surface area contributed by atoms with Crippen molar-refractivity contribution in [3.8, 4) is 0 Å². The lowest BCUT2D eigenvalue weighted by molar-refractivity contribution is -0.286. The average molecular weight is 278 g/mol. The molecule has 9 heteroatoms. The van der Waals surface area contributed by atoms with Crippen LogP contribution in [0.4, 0.5) is 26.3 Å². The van der Waals surface area contributed by atoms with Gasteiger partial charge in [0.15, 0.2) is 6.10 Å². The second kappa shape index (κ2) is 3.87. The molecule has 1 saturated carbocycles. The Balaban J connectivity index is 3.14. The van der Waals surface area contributed by atoms with Crippen molar-refractivity contribution in [1.29, 1.82) is 0 Å². The summed E-state index contributed by atoms with van der Waals surface area (Å²) in [4.78, 5) is 10.9. The Morgan fingerprint density at radius 2 is 1.61 bits per heavy atom. The molecule has 0 aromatic rings. The van der Waals surface area contributed by atoms with Gasteiger partial charge in [0.2, 0.25) is 6.10 Å². The lowest BCUT2D eigenvalue weighted by Crippen LogP contribution is -2.50. The van der Waals surface area contributed by atoms with E-state index in [0.717, 1.165) is 6.92 Å². The highest BCUT2D eigenvalue weighted by Gasteiger charge is 2.86. The molecule has 0 bridgehead atoms. The van der Waals surface area contributed by atoms with Crippen LogP contribution in [0.3, 0.4) is 0 Å². The molecule has 1 aliphatic carbocycles. The maximum Gasteiger partial charge on any atom is 0.378 e. The van der Waals surface area contributed by atoms with Crippen LogP contribution in [0.25, 0.3) is 0 Å². The SMILES string of the molecule is C=C(C)C(=O)O[C@H]1[C@@H](O)C(F)(F)C(F)(F)C1(F)F. The largest absolute Gasteiger partial charge is 0.449 e. The zero-order valence-electron chi connectivity index (χ0n) is 8.89. The van der Waals surface area contributed by atoms with Crippen molar-refractivity contribution in [2.45, 2.75) is 36.9 Å². The Hall–Kier alpha value is -1.25. The molecule has 0 aromatic carbocycles. The van der Waals surface area contributed by atoms with Crippen molar-refractivity contribution in [3.63, 3.8) is 0 Å². The van der Waals surface area contributed by atoms with E-state index in [-0.39, 0.29) is 0 Å². The molecule has 0 amide bonds. The summed E-state index contributed by atoms with van der Waals surface area (Å²) in [6.07, 6.45) is -6.85. The highest BCUT2D eigenvalue weighted by molar-refractivity contribution is 5.87. The summed E-state index contributed by atoms with van der Waals surface area (Å²) < 4.78 is 81.1. The van der Waals surface area contributed by atoms with Crippen LogP contribution in [0.15, 0.2) is 12.2 Å². The molecule has 0 saturated heterocycles. The molecule has 1 fully saturated rings. The molecule has 0 unspecified atom stereocenters. The quantitative estimate of drug-likeness (QED) is 0.475. The van der Waals surface area contributed by atoms with Crippen molar-refractivity contribution >= 4 is 5.97 Å². The third-order valence-electron chi connectivity index (χ3n) is 2.44. The molecule has 3 nitrogen and oxygen atoms in total. The van der Waals surface area contributed by atoms with E-state index >= 15 is 0 Å². The zero-order chi connectivity index (χ0) is 14.5. The highest BCUT2D eigenvalue weighted by atomic mass is 19.3. The number of esters is 1. The van der Waals surface area contributed by atoms with Crippen LogP contribution in [0, 0.1) is 0 Å². The maximum atomic E-state index is 13.1. The van der Waals surface area contributed by atoms with Gasteiger partial charge in [-0.15, -0.1) is 0 Å². The first-order valence-corrected chi connectivity index (χ1v) is 4.55. The highest BCUT2D eigenvalue weighted by Crippen LogP contribution is 2.57. The normalized spacial score (nSPS) is 32.0. The fourth-order valence-electron chi connectivity index (χ4n) is 1.33. The van der Waals surface area contributed by atoms with Crippen molar-refractivity contribution in [2.75, 3.05) is 0 Å². The molecule has 1 aliphatic rings. The van der Waals surface area contributed by atoms with Gasteiger partial charge in [-0.2, -0.15) is 26.3 Å². The van der Waals surface area contributed by atoms with Crippen molar-refractivity contribution in [3.05, 3.63) is 12.2 Å². The standard InChI is InChI=1S/C9H8F6O3/c1-3(2)6(17)18-5-4(16)7(10,11)9(14,15)8(5,12)13/h4-5,16H,1H2,2H3/t4-,5+/m1/s1. The van der Waals surface area contributed by atoms with Gasteiger partial charge in [0.25, 0.3) is 0 Å². The number of alkyl halides is 6. The van der Waals surface area contributed by atoms with Crippen LogP contribution in [-0.4, -0.2) is 41.1 Å². The molecular weight excluding hydrogens is 270 g/mol. The Morgan fingerprint density at radius 3 is 1.89 bits per heavy atom. The number of halogens is 6. The molecule has 0 heterocycles. The molecule has 18 heavy (non-hydrogen) atoms. The van der Waals surface area contributed by atoms with Gasteiger partial charge in [-0.1, -0.05) is 6.58 Å². The lowest BCUT2D eigenvalue weighted by atomic mass is 10.2. The summed E-state index contributed by atoms with van der Waals surface area (Å²) in [5, 5.41) is 8.80. The second-order valence-electron chi connectivity index (χ2n) is 3.87. The summed E-state index contributed by atoms with van der Waals surface area (Å²) in [5.74, 6) is -18.2. The zero-order valence-corrected chi connectivity index (χ0v) is 8.89. The fourth-order valence-corrected chi connectivity index (χ4v) is 1.33. The van der Waals surface area contributed by atoms with Gasteiger partial charge in [-0.05, 0) is 6.92 Å². The second-order valence-corrected chi connectivity index (χ2v) is 3.87. The number of ether oxygens (including phenoxy) is 1. The van der Waals surface area contributed by atoms with Crippen LogP contribution in [0.2, 0.25) is 0 Å². The predicted molar refractivity (Wildman–Crippen MR) is 45.5 cm³/mol. The Labute approximate surface area is 97.0 Å². The van der Waals surface area contributed by atoms with E-state index in [0.29, 0.717) is 0 Å². The molecule has 1 rings (SSSR count). The van der Waals surface area contributed by atoms with E-state index in [4.69, 9.17) is 5.11 Å². The Bertz CT molecular complexity index is 392. The minimum atomic E-state index is -5.82. The number of hydrogen-bond acceptors (Lipinski definition) is 3. The summed E-state index contributed by atoms with van der Waals surface area (Å²) in [7, 11) is 0. The van der Waals surface area contributed by atoms with E-state index in [2.05, 4.69) is 11.3 Å². The van der Waals surface area contributed by atoms with Crippen molar-refractivity contribution in [1.82, 2.24) is 0 Å². The average Bonchev–Trinajstić information content (AvgIpc) is 2.29. The van der Waals surface area contributed by atoms with Gasteiger partial charge in [0.05, 0.1) is 0 Å². The summed E-state index contributed by atoms with van der Waals surface area (Å²) >= 11 is 0. The molecular formula is C9H8F6O3. The Kier molecular flexibility index (Phi) is 3.19. The summed E-state index contributed by atoms with van der Waals surface area (Å²) in [6, 6.07) is 0. The van der Waals surface area contributed by atoms with Gasteiger partial charge in [-0.3, -0.25) is 0 Å². The van der Waals surface area contributed by atoms with Crippen LogP contribution in [-0.2, 0) is 9.53 Å². The third-order valence-corrected chi connectivity index (χ3v) is 2.44. The minimum Gasteiger partial charge on any atom is -0.449 e. The number of carbonyl (C=O) groups excluding carboxylic acids is 1. The molecule has 0 aliphatic heterocycles. The van der Waals surface area contributed by atoms with E-state index in [1.54, 1.807) is 0 Å². The summed E-state index contributed by atoms with van der Waals surface area (Å²) in [5.41, 5.74) is -0.462. The van der Waals surface area contributed by atoms with Crippen LogP contribution >= 0.6 is 0 Å². The van der Waals surface area contributed by atoms with Gasteiger partial charge < -0.3 is 9.84 Å². The van der Waals surface area contributed by atoms with E-state index in [1.165, 1.54) is 0 Å². The number of carbonyl (C=O) groups is 1. The van der Waals surface area contributed by atoms with E-state index < -0.39 is 41.5 Å². The first-order valence-electron chi connectivity index (χ1n) is 4.55. The fraction of sp³-hybridized carbons (Fsp3) is 0.667. The first-order chi connectivity index (χ1) is 7.87. The molecule has 0 spiro atoms. The van der Waals surface area contributed by atoms with Crippen molar-refractivity contribution < 1.29 is 41.0 Å². The van der Waals surface area contributed by atoms with Crippen LogP contribution in [0.5, 0.6) is 0 Å². The molecule has 0 radical (unpaired) electrons. The van der Waals surface area contributed by atoms with E-state index in [9.17, 15) is 31.1 Å². The van der Waals surface area contributed by atoms with Crippen LogP contribution < -0.4 is 0 Å². The Morgan fingerprint density at radius 1 is 1.17 bits per heavy atom. The molecule has 2 atom stereocenters. The lowest BCUT2D eigenvalue weighted by Gasteiger charge is -2.24. The van der Waals surface area contributed by atoms with E-state index in [1.807, 2.05) is 0 Å². The predicted octanol–water partition coefficient (Wildman–Crippen LogP) is 1.75.